The number of nitrogens with one attached hydrogen (secondary N) is 1. The standard InChI is InChI=1S/C24H30N4O4/c1-15-6-5-7-21(28(15)31)23(29)25-20-12-16-14-27(26-19(16)13-22(20)32-4)18-10-8-17(9-11-18)24(2,3)30/h5-7,12-14,17-18,30H,8-11H2,1-4H3,(H,25,29). The van der Waals surface area contributed by atoms with Gasteiger partial charge in [-0.25, -0.2) is 0 Å². The van der Waals surface area contributed by atoms with Crippen molar-refractivity contribution in [1.29, 1.82) is 0 Å². The van der Waals surface area contributed by atoms with E-state index in [1.807, 2.05) is 30.8 Å². The molecule has 0 aliphatic heterocycles. The van der Waals surface area contributed by atoms with Gasteiger partial charge in [0.15, 0.2) is 5.69 Å². The summed E-state index contributed by atoms with van der Waals surface area (Å²) in [5, 5.41) is 30.9. The minimum absolute atomic E-state index is 0.0198. The van der Waals surface area contributed by atoms with Crippen LogP contribution >= 0.6 is 0 Å². The summed E-state index contributed by atoms with van der Waals surface area (Å²) in [4.78, 5) is 12.7. The van der Waals surface area contributed by atoms with E-state index in [9.17, 15) is 15.1 Å². The minimum atomic E-state index is -0.653. The van der Waals surface area contributed by atoms with E-state index in [1.165, 1.54) is 13.2 Å². The Labute approximate surface area is 187 Å². The molecule has 32 heavy (non-hydrogen) atoms. The van der Waals surface area contributed by atoms with Crippen molar-refractivity contribution in [3.63, 3.8) is 0 Å². The predicted octanol–water partition coefficient (Wildman–Crippen LogP) is 3.74. The second-order valence-electron chi connectivity index (χ2n) is 9.18. The summed E-state index contributed by atoms with van der Waals surface area (Å²) >= 11 is 0. The lowest BCUT2D eigenvalue weighted by molar-refractivity contribution is -0.614. The van der Waals surface area contributed by atoms with Crippen molar-refractivity contribution in [2.45, 2.75) is 58.1 Å². The fraction of sp³-hybridized carbons (Fsp3) is 0.458. The van der Waals surface area contributed by atoms with E-state index in [1.54, 1.807) is 25.1 Å². The van der Waals surface area contributed by atoms with Gasteiger partial charge in [0.1, 0.15) is 5.75 Å². The molecule has 1 saturated carbocycles. The Morgan fingerprint density at radius 2 is 2.00 bits per heavy atom. The monoisotopic (exact) mass is 438 g/mol. The third kappa shape index (κ3) is 4.27. The number of nitrogens with zero attached hydrogens (tertiary/aromatic N) is 3. The van der Waals surface area contributed by atoms with Crippen molar-refractivity contribution >= 4 is 22.5 Å². The van der Waals surface area contributed by atoms with E-state index in [0.29, 0.717) is 27.8 Å². The molecule has 0 saturated heterocycles. The number of methoxy groups -OCH3 is 1. The molecule has 1 aliphatic carbocycles. The molecule has 0 spiro atoms. The van der Waals surface area contributed by atoms with Gasteiger partial charge in [0, 0.05) is 36.7 Å². The molecule has 3 aromatic rings. The average Bonchev–Trinajstić information content (AvgIpc) is 3.17. The zero-order chi connectivity index (χ0) is 23.0. The number of fused-ring (bicyclic) bond motifs is 1. The quantitative estimate of drug-likeness (QED) is 0.467. The number of rotatable bonds is 5. The predicted molar refractivity (Wildman–Crippen MR) is 122 cm³/mol. The van der Waals surface area contributed by atoms with Gasteiger partial charge in [-0.2, -0.15) is 9.83 Å². The number of carbonyl (C=O) groups excluding carboxylic acids is 1. The third-order valence-electron chi connectivity index (χ3n) is 6.52. The number of aliphatic hydroxyl groups is 1. The first-order valence-corrected chi connectivity index (χ1v) is 11.0. The van der Waals surface area contributed by atoms with Crippen LogP contribution < -0.4 is 14.8 Å². The number of aryl methyl sites for hydroxylation is 1. The molecule has 4 rings (SSSR count). The van der Waals surface area contributed by atoms with Gasteiger partial charge in [0.2, 0.25) is 0 Å². The van der Waals surface area contributed by atoms with Crippen molar-refractivity contribution in [2.75, 3.05) is 12.4 Å². The third-order valence-corrected chi connectivity index (χ3v) is 6.52. The van der Waals surface area contributed by atoms with Crippen molar-refractivity contribution in [3.8, 4) is 5.75 Å². The lowest BCUT2D eigenvalue weighted by Gasteiger charge is -2.35. The largest absolute Gasteiger partial charge is 0.618 e. The summed E-state index contributed by atoms with van der Waals surface area (Å²) in [6.45, 7) is 5.42. The first kappa shape index (κ1) is 22.1. The average molecular weight is 439 g/mol. The summed E-state index contributed by atoms with van der Waals surface area (Å²) < 4.78 is 8.08. The fourth-order valence-electron chi connectivity index (χ4n) is 4.53. The van der Waals surface area contributed by atoms with E-state index in [2.05, 4.69) is 5.32 Å². The molecule has 0 atom stereocenters. The maximum absolute atomic E-state index is 12.7. The molecule has 1 fully saturated rings. The lowest BCUT2D eigenvalue weighted by atomic mass is 9.77. The molecule has 8 heteroatoms. The molecule has 1 aromatic carbocycles. The van der Waals surface area contributed by atoms with Crippen LogP contribution in [0.3, 0.4) is 0 Å². The number of carbonyl (C=O) groups is 1. The molecule has 0 unspecified atom stereocenters. The van der Waals surface area contributed by atoms with E-state index < -0.39 is 11.5 Å². The highest BCUT2D eigenvalue weighted by molar-refractivity contribution is 6.04. The second-order valence-corrected chi connectivity index (χ2v) is 9.18. The molecule has 8 nitrogen and oxygen atoms in total. The lowest BCUT2D eigenvalue weighted by Crippen LogP contribution is -2.39. The SMILES string of the molecule is COc1cc2nn(C3CCC(C(C)(C)O)CC3)cc2cc1NC(=O)c1cccc(C)[n+]1[O-]. The Bertz CT molecular complexity index is 1140. The zero-order valence-corrected chi connectivity index (χ0v) is 19.0. The molecule has 2 N–H and O–H groups in total. The molecular formula is C24H30N4O4. The number of aromatic nitrogens is 3. The van der Waals surface area contributed by atoms with Crippen molar-refractivity contribution < 1.29 is 19.4 Å². The first-order chi connectivity index (χ1) is 15.2. The Morgan fingerprint density at radius 1 is 1.28 bits per heavy atom. The van der Waals surface area contributed by atoms with Crippen molar-refractivity contribution in [1.82, 2.24) is 9.78 Å². The Balaban J connectivity index is 1.57. The summed E-state index contributed by atoms with van der Waals surface area (Å²) in [6, 6.07) is 8.71. The van der Waals surface area contributed by atoms with Gasteiger partial charge in [0.25, 0.3) is 5.69 Å². The molecule has 2 aromatic heterocycles. The van der Waals surface area contributed by atoms with Crippen LogP contribution in [0.25, 0.3) is 10.9 Å². The number of ether oxygens (including phenoxy) is 1. The van der Waals surface area contributed by atoms with Gasteiger partial charge in [0.05, 0.1) is 30.0 Å². The highest BCUT2D eigenvalue weighted by Gasteiger charge is 2.32. The first-order valence-electron chi connectivity index (χ1n) is 11.0. The van der Waals surface area contributed by atoms with Gasteiger partial charge >= 0.3 is 5.91 Å². The topological polar surface area (TPSA) is 103 Å². The molecular weight excluding hydrogens is 408 g/mol. The minimum Gasteiger partial charge on any atom is -0.618 e. The summed E-state index contributed by atoms with van der Waals surface area (Å²) in [6.07, 6.45) is 5.82. The van der Waals surface area contributed by atoms with Gasteiger partial charge in [-0.15, -0.1) is 0 Å². The Hall–Kier alpha value is -3.13. The van der Waals surface area contributed by atoms with Crippen LogP contribution in [0.1, 0.15) is 61.8 Å². The maximum Gasteiger partial charge on any atom is 0.321 e. The molecule has 1 aliphatic rings. The van der Waals surface area contributed by atoms with Gasteiger partial charge in [-0.05, 0) is 57.6 Å². The van der Waals surface area contributed by atoms with Crippen LogP contribution in [-0.4, -0.2) is 33.5 Å². The smallest absolute Gasteiger partial charge is 0.321 e. The number of benzene rings is 1. The van der Waals surface area contributed by atoms with Gasteiger partial charge in [-0.3, -0.25) is 9.48 Å². The number of hydrogen-bond acceptors (Lipinski definition) is 5. The zero-order valence-electron chi connectivity index (χ0n) is 19.0. The highest BCUT2D eigenvalue weighted by Crippen LogP contribution is 2.38. The highest BCUT2D eigenvalue weighted by atomic mass is 16.5. The van der Waals surface area contributed by atoms with Gasteiger partial charge in [-0.1, -0.05) is 0 Å². The van der Waals surface area contributed by atoms with Crippen molar-refractivity contribution in [3.05, 3.63) is 53.1 Å². The fourth-order valence-corrected chi connectivity index (χ4v) is 4.53. The van der Waals surface area contributed by atoms with Crippen LogP contribution in [0.15, 0.2) is 36.5 Å². The summed E-state index contributed by atoms with van der Waals surface area (Å²) in [5.41, 5.74) is 1.07. The van der Waals surface area contributed by atoms with Crippen molar-refractivity contribution in [2.24, 2.45) is 5.92 Å². The number of pyridine rings is 1. The van der Waals surface area contributed by atoms with Crippen LogP contribution in [0.2, 0.25) is 0 Å². The van der Waals surface area contributed by atoms with Crippen LogP contribution in [0.4, 0.5) is 5.69 Å². The Morgan fingerprint density at radius 3 is 2.66 bits per heavy atom. The Kier molecular flexibility index (Phi) is 5.81. The number of amides is 1. The van der Waals surface area contributed by atoms with Crippen LogP contribution in [0, 0.1) is 18.0 Å². The molecule has 2 heterocycles. The van der Waals surface area contributed by atoms with E-state index in [4.69, 9.17) is 9.84 Å². The molecule has 0 radical (unpaired) electrons. The van der Waals surface area contributed by atoms with Gasteiger partial charge < -0.3 is 20.4 Å². The molecule has 1 amide bonds. The van der Waals surface area contributed by atoms with E-state index >= 15 is 0 Å². The summed E-state index contributed by atoms with van der Waals surface area (Å²) in [5.74, 6) is 0.279. The molecule has 0 bridgehead atoms. The number of hydrogen-bond donors (Lipinski definition) is 2. The normalized spacial score (nSPS) is 19.2. The maximum atomic E-state index is 12.7. The van der Waals surface area contributed by atoms with Crippen LogP contribution in [0.5, 0.6) is 5.75 Å². The number of anilines is 1. The second kappa shape index (κ2) is 8.43. The summed E-state index contributed by atoms with van der Waals surface area (Å²) in [7, 11) is 1.53. The van der Waals surface area contributed by atoms with E-state index in [-0.39, 0.29) is 11.7 Å². The molecule has 170 valence electrons. The van der Waals surface area contributed by atoms with Crippen LogP contribution in [-0.2, 0) is 0 Å². The van der Waals surface area contributed by atoms with E-state index in [0.717, 1.165) is 36.6 Å².